The van der Waals surface area contributed by atoms with E-state index in [9.17, 15) is 14.4 Å². The lowest BCUT2D eigenvalue weighted by Gasteiger charge is -2.07. The van der Waals surface area contributed by atoms with Crippen LogP contribution in [0.1, 0.15) is 6.42 Å². The van der Waals surface area contributed by atoms with Crippen LogP contribution in [-0.4, -0.2) is 30.2 Å². The van der Waals surface area contributed by atoms with Crippen molar-refractivity contribution in [3.63, 3.8) is 0 Å². The smallest absolute Gasteiger partial charge is 0.411 e. The van der Waals surface area contributed by atoms with Crippen molar-refractivity contribution >= 4 is 29.3 Å². The topological polar surface area (TPSA) is 105 Å². The first-order valence-electron chi connectivity index (χ1n) is 6.00. The van der Waals surface area contributed by atoms with E-state index < -0.39 is 23.9 Å². The molecule has 7 heteroatoms. The number of aliphatic carboxylic acids is 1. The number of nitrogens with one attached hydrogen (secondary N) is 2. The van der Waals surface area contributed by atoms with Gasteiger partial charge in [-0.3, -0.25) is 14.9 Å². The molecule has 20 heavy (non-hydrogen) atoms. The normalized spacial score (nSPS) is 19.9. The molecule has 1 aromatic rings. The number of rotatable bonds is 4. The highest BCUT2D eigenvalue weighted by Crippen LogP contribution is 2.39. The van der Waals surface area contributed by atoms with Gasteiger partial charge >= 0.3 is 12.1 Å². The van der Waals surface area contributed by atoms with E-state index in [2.05, 4.69) is 15.4 Å². The zero-order valence-corrected chi connectivity index (χ0v) is 10.8. The molecule has 2 atom stereocenters. The molecule has 1 fully saturated rings. The molecule has 1 aromatic carbocycles. The summed E-state index contributed by atoms with van der Waals surface area (Å²) in [5.74, 6) is -2.27. The number of carboxylic acid groups (broad SMARTS) is 1. The SMILES string of the molecule is COC(=O)Nc1ccc(NC(=O)C2CC2C(=O)O)cc1. The van der Waals surface area contributed by atoms with Crippen molar-refractivity contribution in [2.75, 3.05) is 17.7 Å². The van der Waals surface area contributed by atoms with Gasteiger partial charge in [-0.15, -0.1) is 0 Å². The molecule has 106 valence electrons. The van der Waals surface area contributed by atoms with Gasteiger partial charge in [0.25, 0.3) is 0 Å². The monoisotopic (exact) mass is 278 g/mol. The van der Waals surface area contributed by atoms with E-state index in [1.807, 2.05) is 0 Å². The predicted octanol–water partition coefficient (Wildman–Crippen LogP) is 1.52. The maximum Gasteiger partial charge on any atom is 0.411 e. The minimum atomic E-state index is -0.942. The Hall–Kier alpha value is -2.57. The fraction of sp³-hybridized carbons (Fsp3) is 0.308. The van der Waals surface area contributed by atoms with Crippen LogP contribution in [0.5, 0.6) is 0 Å². The van der Waals surface area contributed by atoms with Crippen LogP contribution in [-0.2, 0) is 14.3 Å². The second kappa shape index (κ2) is 5.60. The maximum absolute atomic E-state index is 11.7. The Morgan fingerprint density at radius 1 is 1.10 bits per heavy atom. The number of amides is 2. The molecule has 2 rings (SSSR count). The zero-order valence-electron chi connectivity index (χ0n) is 10.8. The highest BCUT2D eigenvalue weighted by molar-refractivity contribution is 5.98. The third-order valence-corrected chi connectivity index (χ3v) is 3.03. The van der Waals surface area contributed by atoms with E-state index in [0.717, 1.165) is 0 Å². The van der Waals surface area contributed by atoms with Gasteiger partial charge in [-0.1, -0.05) is 0 Å². The Morgan fingerprint density at radius 2 is 1.65 bits per heavy atom. The molecule has 0 aliphatic heterocycles. The van der Waals surface area contributed by atoms with Gasteiger partial charge in [-0.05, 0) is 30.7 Å². The number of carbonyl (C=O) groups excluding carboxylic acids is 2. The largest absolute Gasteiger partial charge is 0.481 e. The average Bonchev–Trinajstić information content (AvgIpc) is 3.21. The summed E-state index contributed by atoms with van der Waals surface area (Å²) in [6, 6.07) is 6.44. The van der Waals surface area contributed by atoms with Gasteiger partial charge in [0.1, 0.15) is 0 Å². The summed E-state index contributed by atoms with van der Waals surface area (Å²) in [4.78, 5) is 33.4. The number of methoxy groups -OCH3 is 1. The number of hydrogen-bond donors (Lipinski definition) is 3. The summed E-state index contributed by atoms with van der Waals surface area (Å²) in [6.45, 7) is 0. The summed E-state index contributed by atoms with van der Waals surface area (Å²) in [7, 11) is 1.26. The fourth-order valence-corrected chi connectivity index (χ4v) is 1.80. The van der Waals surface area contributed by atoms with Crippen molar-refractivity contribution in [1.82, 2.24) is 0 Å². The lowest BCUT2D eigenvalue weighted by atomic mass is 10.2. The van der Waals surface area contributed by atoms with E-state index in [1.54, 1.807) is 24.3 Å². The Morgan fingerprint density at radius 3 is 2.10 bits per heavy atom. The standard InChI is InChI=1S/C13H14N2O5/c1-20-13(19)15-8-4-2-7(3-5-8)14-11(16)9-6-10(9)12(17)18/h2-5,9-10H,6H2,1H3,(H,14,16)(H,15,19)(H,17,18). The molecular formula is C13H14N2O5. The number of ether oxygens (including phenoxy) is 1. The lowest BCUT2D eigenvalue weighted by Crippen LogP contribution is -2.17. The van der Waals surface area contributed by atoms with Crippen LogP contribution in [0.2, 0.25) is 0 Å². The quantitative estimate of drug-likeness (QED) is 0.774. The summed E-state index contributed by atoms with van der Waals surface area (Å²) in [5, 5.41) is 13.9. The van der Waals surface area contributed by atoms with E-state index >= 15 is 0 Å². The van der Waals surface area contributed by atoms with Crippen molar-refractivity contribution < 1.29 is 24.2 Å². The van der Waals surface area contributed by atoms with Gasteiger partial charge in [-0.25, -0.2) is 4.79 Å². The summed E-state index contributed by atoms with van der Waals surface area (Å²) >= 11 is 0. The van der Waals surface area contributed by atoms with E-state index in [0.29, 0.717) is 17.8 Å². The first-order chi connectivity index (χ1) is 9.51. The zero-order chi connectivity index (χ0) is 14.7. The van der Waals surface area contributed by atoms with Crippen LogP contribution in [0, 0.1) is 11.8 Å². The summed E-state index contributed by atoms with van der Waals surface area (Å²) in [6.07, 6.45) is -0.201. The molecule has 1 saturated carbocycles. The number of carbonyl (C=O) groups is 3. The van der Waals surface area contributed by atoms with E-state index in [4.69, 9.17) is 5.11 Å². The fourth-order valence-electron chi connectivity index (χ4n) is 1.80. The molecular weight excluding hydrogens is 264 g/mol. The molecule has 1 aliphatic rings. The van der Waals surface area contributed by atoms with Crippen LogP contribution < -0.4 is 10.6 Å². The number of hydrogen-bond acceptors (Lipinski definition) is 4. The first kappa shape index (κ1) is 13.9. The first-order valence-corrected chi connectivity index (χ1v) is 6.00. The van der Waals surface area contributed by atoms with Crippen LogP contribution in [0.15, 0.2) is 24.3 Å². The van der Waals surface area contributed by atoms with Gasteiger partial charge in [-0.2, -0.15) is 0 Å². The highest BCUT2D eigenvalue weighted by atomic mass is 16.5. The molecule has 2 unspecified atom stereocenters. The van der Waals surface area contributed by atoms with Crippen LogP contribution in [0.3, 0.4) is 0 Å². The van der Waals surface area contributed by atoms with Crippen LogP contribution >= 0.6 is 0 Å². The van der Waals surface area contributed by atoms with Gasteiger partial charge in [0.05, 0.1) is 18.9 Å². The van der Waals surface area contributed by atoms with Crippen LogP contribution in [0.4, 0.5) is 16.2 Å². The molecule has 0 aromatic heterocycles. The molecule has 7 nitrogen and oxygen atoms in total. The van der Waals surface area contributed by atoms with Crippen molar-refractivity contribution in [2.24, 2.45) is 11.8 Å². The third-order valence-electron chi connectivity index (χ3n) is 3.03. The van der Waals surface area contributed by atoms with Crippen molar-refractivity contribution in [3.05, 3.63) is 24.3 Å². The molecule has 0 spiro atoms. The summed E-state index contributed by atoms with van der Waals surface area (Å²) < 4.78 is 4.45. The summed E-state index contributed by atoms with van der Waals surface area (Å²) in [5.41, 5.74) is 1.08. The highest BCUT2D eigenvalue weighted by Gasteiger charge is 2.48. The lowest BCUT2D eigenvalue weighted by molar-refractivity contribution is -0.139. The minimum Gasteiger partial charge on any atom is -0.481 e. The van der Waals surface area contributed by atoms with E-state index in [-0.39, 0.29) is 5.91 Å². The molecule has 0 saturated heterocycles. The number of carboxylic acids is 1. The Bertz CT molecular complexity index is 540. The number of benzene rings is 1. The molecule has 2 amide bonds. The second-order valence-corrected chi connectivity index (χ2v) is 4.47. The van der Waals surface area contributed by atoms with Crippen molar-refractivity contribution in [1.29, 1.82) is 0 Å². The maximum atomic E-state index is 11.7. The van der Waals surface area contributed by atoms with Gasteiger partial charge in [0.2, 0.25) is 5.91 Å². The van der Waals surface area contributed by atoms with Crippen molar-refractivity contribution in [3.8, 4) is 0 Å². The van der Waals surface area contributed by atoms with E-state index in [1.165, 1.54) is 7.11 Å². The van der Waals surface area contributed by atoms with Gasteiger partial charge in [0.15, 0.2) is 0 Å². The molecule has 0 heterocycles. The Balaban J connectivity index is 1.89. The predicted molar refractivity (Wildman–Crippen MR) is 70.3 cm³/mol. The molecule has 0 bridgehead atoms. The van der Waals surface area contributed by atoms with Gasteiger partial charge in [0, 0.05) is 11.4 Å². The number of anilines is 2. The average molecular weight is 278 g/mol. The molecule has 3 N–H and O–H groups in total. The molecule has 1 aliphatic carbocycles. The second-order valence-electron chi connectivity index (χ2n) is 4.47. The third kappa shape index (κ3) is 3.25. The Labute approximate surface area is 114 Å². The van der Waals surface area contributed by atoms with Crippen molar-refractivity contribution in [2.45, 2.75) is 6.42 Å². The Kier molecular flexibility index (Phi) is 3.88. The van der Waals surface area contributed by atoms with Gasteiger partial charge < -0.3 is 15.2 Å². The van der Waals surface area contributed by atoms with Crippen LogP contribution in [0.25, 0.3) is 0 Å². The molecule has 0 radical (unpaired) electrons. The minimum absolute atomic E-state index is 0.300.